The topological polar surface area (TPSA) is 175 Å². The van der Waals surface area contributed by atoms with E-state index in [4.69, 9.17) is 15.3 Å². The van der Waals surface area contributed by atoms with Crippen molar-refractivity contribution in [1.29, 1.82) is 0 Å². The zero-order chi connectivity index (χ0) is 53.6. The largest absolute Gasteiger partial charge is 0.344 e. The Bertz CT molecular complexity index is 2820. The number of hydrogen-bond donors (Lipinski definition) is 3. The Balaban J connectivity index is 0.000000133. The van der Waals surface area contributed by atoms with Crippen molar-refractivity contribution in [1.82, 2.24) is 40.0 Å². The molecule has 14 heteroatoms. The lowest BCUT2D eigenvalue weighted by molar-refractivity contribution is -0.122. The number of hydrogen-bond acceptors (Lipinski definition) is 8. The maximum absolute atomic E-state index is 12.9. The molecule has 4 saturated carbocycles. The van der Waals surface area contributed by atoms with Crippen LogP contribution < -0.4 is 16.0 Å². The highest BCUT2D eigenvalue weighted by Crippen LogP contribution is 2.37. The second kappa shape index (κ2) is 27.1. The molecule has 14 nitrogen and oxygen atoms in total. The molecule has 0 unspecified atom stereocenters. The van der Waals surface area contributed by atoms with Gasteiger partial charge in [0.25, 0.3) is 17.7 Å². The van der Waals surface area contributed by atoms with Crippen LogP contribution in [-0.2, 0) is 43.3 Å². The molecule has 0 aliphatic heterocycles. The molecule has 7 aliphatic carbocycles. The number of nitrogens with zero attached hydrogens (tertiary/aromatic N) is 6. The van der Waals surface area contributed by atoms with Crippen molar-refractivity contribution >= 4 is 35.1 Å². The van der Waals surface area contributed by atoms with Crippen LogP contribution in [0.4, 0.5) is 5.82 Å². The van der Waals surface area contributed by atoms with Crippen LogP contribution in [0.25, 0.3) is 0 Å². The van der Waals surface area contributed by atoms with E-state index in [0.717, 1.165) is 107 Å². The van der Waals surface area contributed by atoms with Gasteiger partial charge in [0.1, 0.15) is 0 Å². The summed E-state index contributed by atoms with van der Waals surface area (Å²) < 4.78 is 6.60. The van der Waals surface area contributed by atoms with Crippen LogP contribution in [0.2, 0.25) is 0 Å². The van der Waals surface area contributed by atoms with Crippen molar-refractivity contribution in [2.24, 2.45) is 5.92 Å². The Morgan fingerprint density at radius 1 is 0.397 bits per heavy atom. The summed E-state index contributed by atoms with van der Waals surface area (Å²) in [7, 11) is 0. The SMILES string of the molecule is O=C(CNC(=O)c1nn(C2CCCCC2)c2c1CCCC2)c1ccccc1.O=C(NCC(=O)C1CCCCC1)c1nn(C2CCCCC2)c2c1CCCC2.O=C(Nc1nn(C2CCCCC2)c2c1CCCC2)c1ccccc1. The normalized spacial score (nSPS) is 19.1. The summed E-state index contributed by atoms with van der Waals surface area (Å²) in [5.41, 5.74) is 9.88. The van der Waals surface area contributed by atoms with Crippen LogP contribution >= 0.6 is 0 Å². The summed E-state index contributed by atoms with van der Waals surface area (Å²) >= 11 is 0. The molecular formula is C64H85N9O5. The van der Waals surface area contributed by atoms with Crippen LogP contribution in [-0.4, -0.2) is 71.7 Å². The molecule has 78 heavy (non-hydrogen) atoms. The molecule has 12 rings (SSSR count). The van der Waals surface area contributed by atoms with Crippen LogP contribution in [0.15, 0.2) is 60.7 Å². The van der Waals surface area contributed by atoms with E-state index in [1.165, 1.54) is 138 Å². The van der Waals surface area contributed by atoms with E-state index in [1.807, 2.05) is 48.5 Å². The molecule has 3 aromatic heterocycles. The minimum Gasteiger partial charge on any atom is -0.344 e. The van der Waals surface area contributed by atoms with Gasteiger partial charge in [-0.2, -0.15) is 15.3 Å². The number of Topliss-reactive ketones (excluding diaryl/α,β-unsaturated/α-hetero) is 2. The highest BCUT2D eigenvalue weighted by Gasteiger charge is 2.32. The van der Waals surface area contributed by atoms with Crippen molar-refractivity contribution in [2.45, 2.75) is 224 Å². The zero-order valence-corrected chi connectivity index (χ0v) is 46.3. The Kier molecular flexibility index (Phi) is 19.2. The maximum atomic E-state index is 12.9. The minimum absolute atomic E-state index is 0.00785. The average Bonchev–Trinajstić information content (AvgIpc) is 4.23. The number of carbonyl (C=O) groups excluding carboxylic acids is 5. The lowest BCUT2D eigenvalue weighted by atomic mass is 9.86. The molecule has 5 aromatic rings. The lowest BCUT2D eigenvalue weighted by Crippen LogP contribution is -2.34. The third-order valence-corrected chi connectivity index (χ3v) is 18.1. The molecule has 0 radical (unpaired) electrons. The third kappa shape index (κ3) is 13.4. The predicted octanol–water partition coefficient (Wildman–Crippen LogP) is 12.5. The quantitative estimate of drug-likeness (QED) is 0.0977. The molecule has 3 heterocycles. The lowest BCUT2D eigenvalue weighted by Gasteiger charge is -2.25. The minimum atomic E-state index is -0.216. The van der Waals surface area contributed by atoms with E-state index >= 15 is 0 Å². The van der Waals surface area contributed by atoms with Crippen molar-refractivity contribution in [3.63, 3.8) is 0 Å². The number of amides is 3. The first kappa shape index (κ1) is 55.1. The Labute approximate surface area is 462 Å². The summed E-state index contributed by atoms with van der Waals surface area (Å²) in [6.07, 6.45) is 37.2. The average molecular weight is 1060 g/mol. The summed E-state index contributed by atoms with van der Waals surface area (Å²) in [4.78, 5) is 62.9. The predicted molar refractivity (Wildman–Crippen MR) is 304 cm³/mol. The summed E-state index contributed by atoms with van der Waals surface area (Å²) in [5.74, 6) is 0.640. The molecule has 3 N–H and O–H groups in total. The fourth-order valence-electron chi connectivity index (χ4n) is 13.8. The van der Waals surface area contributed by atoms with Gasteiger partial charge in [0.2, 0.25) is 0 Å². The number of nitrogens with one attached hydrogen (secondary N) is 3. The Morgan fingerprint density at radius 2 is 0.782 bits per heavy atom. The molecule has 2 aromatic carbocycles. The van der Waals surface area contributed by atoms with Gasteiger partial charge in [-0.1, -0.05) is 126 Å². The number of rotatable bonds is 13. The van der Waals surface area contributed by atoms with Gasteiger partial charge in [0.15, 0.2) is 28.8 Å². The number of carbonyl (C=O) groups is 5. The summed E-state index contributed by atoms with van der Waals surface area (Å²) in [6, 6.07) is 19.9. The standard InChI is InChI=1S/C22H33N3O2.C22H27N3O2.C20H25N3O/c2*26-20(16-9-3-1-4-10-16)15-23-22(27)21-18-13-7-8-14-19(18)25(24-21)17-11-5-2-6-12-17;24-20(15-9-3-1-4-10-15)21-19-17-13-7-8-14-18(17)23(22-19)16-11-5-2-6-12-16/h16-17H,1-15H2,(H,23,27);1,3-4,9-10,17H,2,5-8,11-15H2,(H,23,27);1,3-4,9-10,16H,2,5-8,11-14H2,(H,21,22,24). The summed E-state index contributed by atoms with van der Waals surface area (Å²) in [5, 5.41) is 23.2. The molecular weight excluding hydrogens is 975 g/mol. The molecule has 0 atom stereocenters. The van der Waals surface area contributed by atoms with Gasteiger partial charge in [0.05, 0.1) is 31.2 Å². The van der Waals surface area contributed by atoms with Crippen molar-refractivity contribution in [3.05, 3.63) is 117 Å². The van der Waals surface area contributed by atoms with E-state index in [0.29, 0.717) is 40.6 Å². The van der Waals surface area contributed by atoms with E-state index in [1.54, 1.807) is 12.1 Å². The first-order chi connectivity index (χ1) is 38.3. The fourth-order valence-corrected chi connectivity index (χ4v) is 13.8. The van der Waals surface area contributed by atoms with E-state index in [2.05, 4.69) is 30.0 Å². The van der Waals surface area contributed by atoms with Gasteiger partial charge in [-0.3, -0.25) is 38.0 Å². The van der Waals surface area contributed by atoms with Crippen molar-refractivity contribution in [3.8, 4) is 0 Å². The second-order valence-corrected chi connectivity index (χ2v) is 23.4. The van der Waals surface area contributed by atoms with E-state index in [9.17, 15) is 24.0 Å². The maximum Gasteiger partial charge on any atom is 0.272 e. The van der Waals surface area contributed by atoms with Gasteiger partial charge in [0, 0.05) is 50.8 Å². The molecule has 3 amide bonds. The molecule has 0 bridgehead atoms. The van der Waals surface area contributed by atoms with Gasteiger partial charge >= 0.3 is 0 Å². The van der Waals surface area contributed by atoms with Crippen molar-refractivity contribution < 1.29 is 24.0 Å². The first-order valence-electron chi connectivity index (χ1n) is 30.6. The van der Waals surface area contributed by atoms with Gasteiger partial charge < -0.3 is 16.0 Å². The molecule has 4 fully saturated rings. The number of fused-ring (bicyclic) bond motifs is 3. The van der Waals surface area contributed by atoms with E-state index < -0.39 is 0 Å². The highest BCUT2D eigenvalue weighted by atomic mass is 16.2. The molecule has 7 aliphatic rings. The Morgan fingerprint density at radius 3 is 1.26 bits per heavy atom. The molecule has 416 valence electrons. The molecule has 0 spiro atoms. The highest BCUT2D eigenvalue weighted by molar-refractivity contribution is 6.04. The number of anilines is 1. The zero-order valence-electron chi connectivity index (χ0n) is 46.3. The number of benzene rings is 2. The van der Waals surface area contributed by atoms with Crippen molar-refractivity contribution in [2.75, 3.05) is 18.4 Å². The number of ketones is 2. The first-order valence-corrected chi connectivity index (χ1v) is 30.6. The van der Waals surface area contributed by atoms with Crippen LogP contribution in [0.3, 0.4) is 0 Å². The van der Waals surface area contributed by atoms with Crippen LogP contribution in [0.5, 0.6) is 0 Å². The fraction of sp³-hybridized carbons (Fsp3) is 0.594. The van der Waals surface area contributed by atoms with Crippen LogP contribution in [0.1, 0.15) is 261 Å². The Hall–Kier alpha value is -6.18. The van der Waals surface area contributed by atoms with Gasteiger partial charge in [-0.05, 0) is 141 Å². The monoisotopic (exact) mass is 1060 g/mol. The van der Waals surface area contributed by atoms with Gasteiger partial charge in [-0.15, -0.1) is 0 Å². The van der Waals surface area contributed by atoms with E-state index in [-0.39, 0.29) is 48.3 Å². The summed E-state index contributed by atoms with van der Waals surface area (Å²) in [6.45, 7) is 0.169. The molecule has 0 saturated heterocycles. The third-order valence-electron chi connectivity index (χ3n) is 18.1. The van der Waals surface area contributed by atoms with Gasteiger partial charge in [-0.25, -0.2) is 0 Å². The second-order valence-electron chi connectivity index (χ2n) is 23.4. The number of aromatic nitrogens is 6. The van der Waals surface area contributed by atoms with Crippen LogP contribution in [0, 0.1) is 5.92 Å². The smallest absolute Gasteiger partial charge is 0.272 e.